The van der Waals surface area contributed by atoms with Crippen LogP contribution < -0.4 is 5.32 Å². The van der Waals surface area contributed by atoms with Crippen molar-refractivity contribution in [2.75, 3.05) is 26.2 Å². The number of nitrogens with one attached hydrogen (secondary N) is 1. The third kappa shape index (κ3) is 2.56. The highest BCUT2D eigenvalue weighted by molar-refractivity contribution is 5.82. The first-order valence-electron chi connectivity index (χ1n) is 7.99. The van der Waals surface area contributed by atoms with E-state index in [1.54, 1.807) is 0 Å². The van der Waals surface area contributed by atoms with E-state index in [9.17, 15) is 0 Å². The molecule has 2 heterocycles. The first kappa shape index (κ1) is 13.9. The van der Waals surface area contributed by atoms with Crippen molar-refractivity contribution in [1.82, 2.24) is 10.2 Å². The molecule has 1 N–H and O–H groups in total. The monoisotopic (exact) mass is 273 g/mol. The number of amidine groups is 1. The van der Waals surface area contributed by atoms with Gasteiger partial charge < -0.3 is 10.2 Å². The summed E-state index contributed by atoms with van der Waals surface area (Å²) in [6.07, 6.45) is 6.18. The second-order valence-corrected chi connectivity index (χ2v) is 6.85. The number of aliphatic imine (C=N–C) groups is 1. The van der Waals surface area contributed by atoms with Crippen molar-refractivity contribution < 1.29 is 0 Å². The topological polar surface area (TPSA) is 27.6 Å². The van der Waals surface area contributed by atoms with Crippen LogP contribution in [0.3, 0.4) is 0 Å². The Bertz CT molecular complexity index is 459. The van der Waals surface area contributed by atoms with E-state index >= 15 is 0 Å². The van der Waals surface area contributed by atoms with Gasteiger partial charge in [-0.3, -0.25) is 0 Å². The highest BCUT2D eigenvalue weighted by atomic mass is 15.3. The maximum atomic E-state index is 4.96. The average Bonchev–Trinajstić information content (AvgIpc) is 2.86. The van der Waals surface area contributed by atoms with Crippen LogP contribution in [0.2, 0.25) is 0 Å². The van der Waals surface area contributed by atoms with Crippen LogP contribution in [0.25, 0.3) is 0 Å². The minimum absolute atomic E-state index is 0.551. The van der Waals surface area contributed by atoms with Gasteiger partial charge in [-0.2, -0.15) is 0 Å². The summed E-state index contributed by atoms with van der Waals surface area (Å²) in [4.78, 5) is 7.41. The van der Waals surface area contributed by atoms with Crippen molar-refractivity contribution in [2.45, 2.75) is 46.0 Å². The third-order valence-electron chi connectivity index (χ3n) is 5.09. The molecule has 0 saturated carbocycles. The van der Waals surface area contributed by atoms with E-state index in [-0.39, 0.29) is 0 Å². The molecule has 1 spiro atoms. The summed E-state index contributed by atoms with van der Waals surface area (Å²) < 4.78 is 0. The van der Waals surface area contributed by atoms with Crippen molar-refractivity contribution >= 4 is 5.84 Å². The molecule has 2 fully saturated rings. The Morgan fingerprint density at radius 2 is 2.00 bits per heavy atom. The van der Waals surface area contributed by atoms with Gasteiger partial charge in [-0.15, -0.1) is 0 Å². The molecular weight excluding hydrogens is 246 g/mol. The smallest absolute Gasteiger partial charge is 0.101 e. The summed E-state index contributed by atoms with van der Waals surface area (Å²) in [5.74, 6) is 1.21. The third-order valence-corrected chi connectivity index (χ3v) is 5.09. The molecule has 0 atom stereocenters. The Morgan fingerprint density at radius 3 is 2.65 bits per heavy atom. The molecule has 0 aromatic carbocycles. The number of nitrogens with zero attached hydrogens (tertiary/aromatic N) is 2. The van der Waals surface area contributed by atoms with Crippen LogP contribution >= 0.6 is 0 Å². The quantitative estimate of drug-likeness (QED) is 0.618. The molecule has 0 aromatic heterocycles. The lowest BCUT2D eigenvalue weighted by molar-refractivity contribution is 0.0792. The van der Waals surface area contributed by atoms with Crippen LogP contribution in [0.1, 0.15) is 46.0 Å². The number of hydrogen-bond acceptors (Lipinski definition) is 2. The number of allylic oxidation sites excluding steroid dienone is 3. The Labute approximate surface area is 122 Å². The summed E-state index contributed by atoms with van der Waals surface area (Å²) in [5, 5.41) is 3.49. The first-order chi connectivity index (χ1) is 9.60. The molecule has 0 aromatic rings. The van der Waals surface area contributed by atoms with Crippen LogP contribution in [0.4, 0.5) is 0 Å². The molecule has 2 saturated heterocycles. The second kappa shape index (κ2) is 5.36. The Morgan fingerprint density at radius 1 is 1.25 bits per heavy atom. The van der Waals surface area contributed by atoms with Gasteiger partial charge in [-0.05, 0) is 58.1 Å². The van der Waals surface area contributed by atoms with Crippen molar-refractivity contribution in [3.05, 3.63) is 23.4 Å². The molecule has 0 bridgehead atoms. The summed E-state index contributed by atoms with van der Waals surface area (Å²) in [6.45, 7) is 13.2. The maximum Gasteiger partial charge on any atom is 0.101 e. The van der Waals surface area contributed by atoms with Gasteiger partial charge in [0.05, 0.1) is 0 Å². The zero-order valence-electron chi connectivity index (χ0n) is 13.0. The van der Waals surface area contributed by atoms with Gasteiger partial charge in [0.25, 0.3) is 0 Å². The van der Waals surface area contributed by atoms with Crippen molar-refractivity contribution in [3.63, 3.8) is 0 Å². The molecule has 3 aliphatic rings. The van der Waals surface area contributed by atoms with Crippen LogP contribution in [0.15, 0.2) is 28.4 Å². The van der Waals surface area contributed by atoms with E-state index in [1.807, 2.05) is 0 Å². The molecule has 20 heavy (non-hydrogen) atoms. The first-order valence-corrected chi connectivity index (χ1v) is 7.99. The van der Waals surface area contributed by atoms with Crippen molar-refractivity contribution in [1.29, 1.82) is 0 Å². The molecule has 0 amide bonds. The molecule has 3 rings (SSSR count). The second-order valence-electron chi connectivity index (χ2n) is 6.85. The lowest BCUT2D eigenvalue weighted by atomic mass is 9.79. The van der Waals surface area contributed by atoms with E-state index in [4.69, 9.17) is 4.99 Å². The summed E-state index contributed by atoms with van der Waals surface area (Å²) in [6, 6.07) is 0. The van der Waals surface area contributed by atoms with Crippen LogP contribution in [-0.4, -0.2) is 36.9 Å². The van der Waals surface area contributed by atoms with Gasteiger partial charge in [0.15, 0.2) is 0 Å². The van der Waals surface area contributed by atoms with Gasteiger partial charge in [-0.25, -0.2) is 4.99 Å². The molecule has 3 nitrogen and oxygen atoms in total. The fraction of sp³-hybridized carbons (Fsp3) is 0.706. The zero-order valence-corrected chi connectivity index (χ0v) is 13.0. The van der Waals surface area contributed by atoms with Gasteiger partial charge >= 0.3 is 0 Å². The molecule has 110 valence electrons. The van der Waals surface area contributed by atoms with Crippen LogP contribution in [-0.2, 0) is 0 Å². The van der Waals surface area contributed by atoms with E-state index in [2.05, 4.69) is 30.6 Å². The minimum Gasteiger partial charge on any atom is -0.359 e. The van der Waals surface area contributed by atoms with Gasteiger partial charge in [0.2, 0.25) is 0 Å². The Balaban J connectivity index is 1.70. The molecule has 3 heteroatoms. The zero-order chi connectivity index (χ0) is 14.2. The number of hydrogen-bond donors (Lipinski definition) is 1. The lowest BCUT2D eigenvalue weighted by Crippen LogP contribution is -2.58. The van der Waals surface area contributed by atoms with E-state index in [0.717, 1.165) is 12.8 Å². The molecule has 1 aliphatic carbocycles. The predicted octanol–water partition coefficient (Wildman–Crippen LogP) is 3.10. The summed E-state index contributed by atoms with van der Waals surface area (Å²) in [5.41, 5.74) is 4.46. The van der Waals surface area contributed by atoms with Gasteiger partial charge in [-0.1, -0.05) is 12.2 Å². The van der Waals surface area contributed by atoms with E-state index in [0.29, 0.717) is 5.41 Å². The predicted molar refractivity (Wildman–Crippen MR) is 84.9 cm³/mol. The van der Waals surface area contributed by atoms with Crippen molar-refractivity contribution in [2.24, 2.45) is 10.4 Å². The fourth-order valence-electron chi connectivity index (χ4n) is 3.80. The van der Waals surface area contributed by atoms with Crippen LogP contribution in [0, 0.1) is 5.41 Å². The largest absolute Gasteiger partial charge is 0.359 e. The molecule has 2 aliphatic heterocycles. The molecule has 0 radical (unpaired) electrons. The van der Waals surface area contributed by atoms with Gasteiger partial charge in [0, 0.05) is 30.7 Å². The molecule has 0 unspecified atom stereocenters. The van der Waals surface area contributed by atoms with E-state index < -0.39 is 0 Å². The SMILES string of the molecule is C=C(C)C1=C(N=C(C)N2CC3(CCNC3)C2)CCCC1. The van der Waals surface area contributed by atoms with Crippen LogP contribution in [0.5, 0.6) is 0 Å². The van der Waals surface area contributed by atoms with Gasteiger partial charge in [0.1, 0.15) is 5.84 Å². The molecular formula is C17H27N3. The summed E-state index contributed by atoms with van der Waals surface area (Å²) >= 11 is 0. The maximum absolute atomic E-state index is 4.96. The standard InChI is InChI=1S/C17H27N3/c1-13(2)15-6-4-5-7-16(15)19-14(3)20-11-17(12-20)8-9-18-10-17/h18H,1,4-12H2,2-3H3. The average molecular weight is 273 g/mol. The Hall–Kier alpha value is -1.09. The fourth-order valence-corrected chi connectivity index (χ4v) is 3.80. The number of rotatable bonds is 2. The minimum atomic E-state index is 0.551. The summed E-state index contributed by atoms with van der Waals surface area (Å²) in [7, 11) is 0. The normalized spacial score (nSPS) is 26.1. The lowest BCUT2D eigenvalue weighted by Gasteiger charge is -2.49. The van der Waals surface area contributed by atoms with E-state index in [1.165, 1.54) is 68.1 Å². The Kier molecular flexibility index (Phi) is 3.72. The van der Waals surface area contributed by atoms with Crippen molar-refractivity contribution in [3.8, 4) is 0 Å². The highest BCUT2D eigenvalue weighted by Gasteiger charge is 2.45. The highest BCUT2D eigenvalue weighted by Crippen LogP contribution is 2.37. The number of likely N-dealkylation sites (tertiary alicyclic amines) is 1.